The summed E-state index contributed by atoms with van der Waals surface area (Å²) in [6.07, 6.45) is 9.24. The molecule has 1 aliphatic heterocycles. The van der Waals surface area contributed by atoms with E-state index in [0.717, 1.165) is 19.5 Å². The highest BCUT2D eigenvalue weighted by molar-refractivity contribution is 5.08. The highest BCUT2D eigenvalue weighted by Crippen LogP contribution is 2.17. The summed E-state index contributed by atoms with van der Waals surface area (Å²) in [5, 5.41) is 0. The third-order valence-electron chi connectivity index (χ3n) is 4.75. The molecule has 0 aliphatic carbocycles. The fourth-order valence-electron chi connectivity index (χ4n) is 3.31. The molecule has 1 aliphatic rings. The Bertz CT molecular complexity index is 564. The molecule has 0 N–H and O–H groups in total. The van der Waals surface area contributed by atoms with Crippen LogP contribution in [0.1, 0.15) is 24.1 Å². The topological polar surface area (TPSA) is 32.3 Å². The third-order valence-corrected chi connectivity index (χ3v) is 4.75. The maximum atomic E-state index is 4.41. The van der Waals surface area contributed by atoms with Gasteiger partial charge >= 0.3 is 0 Å². The van der Waals surface area contributed by atoms with Gasteiger partial charge in [0, 0.05) is 49.8 Å². The van der Waals surface area contributed by atoms with Crippen LogP contribution in [0.25, 0.3) is 0 Å². The van der Waals surface area contributed by atoms with E-state index in [1.54, 1.807) is 0 Å². The minimum absolute atomic E-state index is 0.682. The summed E-state index contributed by atoms with van der Waals surface area (Å²) in [7, 11) is 2.24. The van der Waals surface area contributed by atoms with Crippen molar-refractivity contribution in [2.75, 3.05) is 26.7 Å². The number of rotatable bonds is 6. The first-order valence-corrected chi connectivity index (χ1v) is 8.52. The lowest BCUT2D eigenvalue weighted by Crippen LogP contribution is -2.43. The number of hydrogen-bond donors (Lipinski definition) is 0. The van der Waals surface area contributed by atoms with E-state index in [-0.39, 0.29) is 0 Å². The molecule has 2 aromatic heterocycles. The van der Waals surface area contributed by atoms with E-state index in [1.165, 1.54) is 37.2 Å². The van der Waals surface area contributed by atoms with Gasteiger partial charge in [0.1, 0.15) is 0 Å². The molecular formula is C19H26N4. The van der Waals surface area contributed by atoms with E-state index >= 15 is 0 Å². The fraction of sp³-hybridized carbons (Fsp3) is 0.474. The lowest BCUT2D eigenvalue weighted by atomic mass is 10.0. The van der Waals surface area contributed by atoms with E-state index in [4.69, 9.17) is 0 Å². The minimum atomic E-state index is 0.682. The van der Waals surface area contributed by atoms with E-state index in [2.05, 4.69) is 45.0 Å². The molecule has 3 rings (SSSR count). The van der Waals surface area contributed by atoms with Crippen LogP contribution in [0.15, 0.2) is 48.9 Å². The molecule has 0 unspecified atom stereocenters. The van der Waals surface area contributed by atoms with Gasteiger partial charge in [-0.1, -0.05) is 12.1 Å². The summed E-state index contributed by atoms with van der Waals surface area (Å²) in [6, 6.07) is 11.0. The molecule has 0 spiro atoms. The van der Waals surface area contributed by atoms with Crippen LogP contribution >= 0.6 is 0 Å². The molecule has 2 aromatic rings. The van der Waals surface area contributed by atoms with Crippen LogP contribution < -0.4 is 0 Å². The van der Waals surface area contributed by atoms with Gasteiger partial charge in [0.05, 0.1) is 0 Å². The standard InChI is InChI=1S/C19H26N4/c1-22(16-17-5-4-10-20-15-17)19-8-13-23(14-9-19)12-7-18-6-2-3-11-21-18/h2-6,10-11,15,19H,7-9,12-14,16H2,1H3. The lowest BCUT2D eigenvalue weighted by molar-refractivity contribution is 0.124. The van der Waals surface area contributed by atoms with Gasteiger partial charge < -0.3 is 4.90 Å². The van der Waals surface area contributed by atoms with E-state index < -0.39 is 0 Å². The highest BCUT2D eigenvalue weighted by Gasteiger charge is 2.22. The van der Waals surface area contributed by atoms with Crippen molar-refractivity contribution in [3.63, 3.8) is 0 Å². The Morgan fingerprint density at radius 3 is 2.70 bits per heavy atom. The van der Waals surface area contributed by atoms with E-state index in [9.17, 15) is 0 Å². The van der Waals surface area contributed by atoms with Gasteiger partial charge in [0.25, 0.3) is 0 Å². The first-order chi connectivity index (χ1) is 11.3. The zero-order valence-electron chi connectivity index (χ0n) is 13.9. The molecule has 0 atom stereocenters. The second kappa shape index (κ2) is 8.18. The SMILES string of the molecule is CN(Cc1cccnc1)C1CCN(CCc2ccccn2)CC1. The maximum Gasteiger partial charge on any atom is 0.0416 e. The number of pyridine rings is 2. The van der Waals surface area contributed by atoms with Gasteiger partial charge in [-0.15, -0.1) is 0 Å². The molecule has 0 amide bonds. The molecule has 0 radical (unpaired) electrons. The largest absolute Gasteiger partial charge is 0.303 e. The second-order valence-corrected chi connectivity index (χ2v) is 6.42. The zero-order valence-corrected chi connectivity index (χ0v) is 13.9. The molecule has 0 saturated carbocycles. The summed E-state index contributed by atoms with van der Waals surface area (Å²) in [5.74, 6) is 0. The summed E-state index contributed by atoms with van der Waals surface area (Å²) in [4.78, 5) is 13.7. The van der Waals surface area contributed by atoms with Crippen LogP contribution in [-0.4, -0.2) is 52.5 Å². The maximum absolute atomic E-state index is 4.41. The monoisotopic (exact) mass is 310 g/mol. The Hall–Kier alpha value is -1.78. The van der Waals surface area contributed by atoms with Crippen LogP contribution in [0, 0.1) is 0 Å². The average molecular weight is 310 g/mol. The highest BCUT2D eigenvalue weighted by atomic mass is 15.2. The van der Waals surface area contributed by atoms with E-state index in [0.29, 0.717) is 6.04 Å². The number of piperidine rings is 1. The van der Waals surface area contributed by atoms with Gasteiger partial charge in [0.2, 0.25) is 0 Å². The van der Waals surface area contributed by atoms with E-state index in [1.807, 2.05) is 30.7 Å². The normalized spacial score (nSPS) is 16.8. The lowest BCUT2D eigenvalue weighted by Gasteiger charge is -2.36. The Morgan fingerprint density at radius 1 is 1.13 bits per heavy atom. The molecule has 4 heteroatoms. The van der Waals surface area contributed by atoms with Gasteiger partial charge in [-0.3, -0.25) is 14.9 Å². The number of nitrogens with zero attached hydrogens (tertiary/aromatic N) is 4. The van der Waals surface area contributed by atoms with Crippen molar-refractivity contribution in [2.24, 2.45) is 0 Å². The van der Waals surface area contributed by atoms with Crippen molar-refractivity contribution in [3.05, 3.63) is 60.2 Å². The molecule has 23 heavy (non-hydrogen) atoms. The second-order valence-electron chi connectivity index (χ2n) is 6.42. The molecule has 122 valence electrons. The number of aromatic nitrogens is 2. The Balaban J connectivity index is 1.41. The van der Waals surface area contributed by atoms with Crippen molar-refractivity contribution in [2.45, 2.75) is 31.8 Å². The molecule has 4 nitrogen and oxygen atoms in total. The first-order valence-electron chi connectivity index (χ1n) is 8.52. The van der Waals surface area contributed by atoms with Crippen LogP contribution in [0.5, 0.6) is 0 Å². The zero-order chi connectivity index (χ0) is 15.9. The van der Waals surface area contributed by atoms with Gasteiger partial charge in [-0.2, -0.15) is 0 Å². The predicted octanol–water partition coefficient (Wildman–Crippen LogP) is 2.62. The summed E-state index contributed by atoms with van der Waals surface area (Å²) in [6.45, 7) is 4.49. The number of likely N-dealkylation sites (tertiary alicyclic amines) is 1. The van der Waals surface area contributed by atoms with Crippen molar-refractivity contribution < 1.29 is 0 Å². The van der Waals surface area contributed by atoms with Crippen molar-refractivity contribution in [3.8, 4) is 0 Å². The van der Waals surface area contributed by atoms with Crippen LogP contribution in [0.3, 0.4) is 0 Å². The molecule has 3 heterocycles. The molecular weight excluding hydrogens is 284 g/mol. The van der Waals surface area contributed by atoms with Gasteiger partial charge in [0.15, 0.2) is 0 Å². The van der Waals surface area contributed by atoms with Crippen LogP contribution in [0.4, 0.5) is 0 Å². The molecule has 0 aromatic carbocycles. The van der Waals surface area contributed by atoms with Gasteiger partial charge in [-0.05, 0) is 56.7 Å². The van der Waals surface area contributed by atoms with Crippen LogP contribution in [-0.2, 0) is 13.0 Å². The summed E-state index contributed by atoms with van der Waals surface area (Å²) >= 11 is 0. The molecule has 1 saturated heterocycles. The Labute approximate surface area is 139 Å². The average Bonchev–Trinajstić information content (AvgIpc) is 2.62. The summed E-state index contributed by atoms with van der Waals surface area (Å²) in [5.41, 5.74) is 2.50. The van der Waals surface area contributed by atoms with Crippen LogP contribution in [0.2, 0.25) is 0 Å². The summed E-state index contributed by atoms with van der Waals surface area (Å²) < 4.78 is 0. The Morgan fingerprint density at radius 2 is 2.00 bits per heavy atom. The predicted molar refractivity (Wildman–Crippen MR) is 93.1 cm³/mol. The van der Waals surface area contributed by atoms with Crippen molar-refractivity contribution in [1.82, 2.24) is 19.8 Å². The third kappa shape index (κ3) is 4.85. The molecule has 0 bridgehead atoms. The number of hydrogen-bond acceptors (Lipinski definition) is 4. The fourth-order valence-corrected chi connectivity index (χ4v) is 3.31. The van der Waals surface area contributed by atoms with Gasteiger partial charge in [-0.25, -0.2) is 0 Å². The first kappa shape index (κ1) is 16.1. The van der Waals surface area contributed by atoms with Crippen molar-refractivity contribution >= 4 is 0 Å². The quantitative estimate of drug-likeness (QED) is 0.821. The Kier molecular flexibility index (Phi) is 5.72. The minimum Gasteiger partial charge on any atom is -0.303 e. The smallest absolute Gasteiger partial charge is 0.0416 e. The molecule has 1 fully saturated rings. The van der Waals surface area contributed by atoms with Crippen molar-refractivity contribution in [1.29, 1.82) is 0 Å².